The number of aryl methyl sites for hydroxylation is 1. The van der Waals surface area contributed by atoms with Gasteiger partial charge in [-0.25, -0.2) is 9.97 Å². The highest BCUT2D eigenvalue weighted by Crippen LogP contribution is 2.33. The van der Waals surface area contributed by atoms with Crippen LogP contribution in [0.1, 0.15) is 47.3 Å². The molecule has 7 heteroatoms. The normalized spacial score (nSPS) is 21.1. The number of likely N-dealkylation sites (tertiary alicyclic amines) is 1. The topological polar surface area (TPSA) is 71.5 Å². The lowest BCUT2D eigenvalue weighted by molar-refractivity contribution is 0.0730. The van der Waals surface area contributed by atoms with E-state index in [0.717, 1.165) is 54.8 Å². The molecule has 2 aromatic heterocycles. The highest BCUT2D eigenvalue weighted by atomic mass is 16.5. The van der Waals surface area contributed by atoms with Gasteiger partial charge in [-0.2, -0.15) is 0 Å². The minimum Gasteiger partial charge on any atom is -0.379 e. The van der Waals surface area contributed by atoms with Gasteiger partial charge in [-0.1, -0.05) is 19.1 Å². The number of aromatic nitrogens is 3. The molecule has 0 spiro atoms. The molecule has 2 fully saturated rings. The van der Waals surface area contributed by atoms with Gasteiger partial charge in [0.15, 0.2) is 0 Å². The van der Waals surface area contributed by atoms with Crippen LogP contribution in [-0.2, 0) is 16.6 Å². The summed E-state index contributed by atoms with van der Waals surface area (Å²) in [7, 11) is 2.15. The summed E-state index contributed by atoms with van der Waals surface area (Å²) in [6.07, 6.45) is 4.68. The number of fused-ring (bicyclic) bond motifs is 1. The van der Waals surface area contributed by atoms with Gasteiger partial charge in [0, 0.05) is 41.7 Å². The predicted octanol–water partition coefficient (Wildman–Crippen LogP) is 3.65. The molecule has 2 saturated heterocycles. The molecule has 0 saturated carbocycles. The molecule has 0 radical (unpaired) electrons. The minimum absolute atomic E-state index is 0.0218. The maximum absolute atomic E-state index is 13.6. The second-order valence-electron chi connectivity index (χ2n) is 10.5. The van der Waals surface area contributed by atoms with Gasteiger partial charge in [-0.3, -0.25) is 9.78 Å². The summed E-state index contributed by atoms with van der Waals surface area (Å²) in [6, 6.07) is 12.3. The summed E-state index contributed by atoms with van der Waals surface area (Å²) >= 11 is 0. The van der Waals surface area contributed by atoms with E-state index in [1.165, 1.54) is 5.56 Å². The number of hydrogen-bond donors (Lipinski definition) is 0. The number of rotatable bonds is 4. The van der Waals surface area contributed by atoms with E-state index in [1.54, 1.807) is 0 Å². The molecule has 2 aliphatic heterocycles. The average molecular weight is 474 g/mol. The van der Waals surface area contributed by atoms with Crippen LogP contribution in [0.25, 0.3) is 10.9 Å². The number of amides is 1. The monoisotopic (exact) mass is 473 g/mol. The zero-order valence-corrected chi connectivity index (χ0v) is 21.0. The number of carbonyl (C=O) groups is 1. The third-order valence-electron chi connectivity index (χ3n) is 7.52. The van der Waals surface area contributed by atoms with Gasteiger partial charge in [0.2, 0.25) is 0 Å². The molecule has 2 aliphatic rings. The van der Waals surface area contributed by atoms with Crippen LogP contribution in [0.5, 0.6) is 0 Å². The van der Waals surface area contributed by atoms with Crippen molar-refractivity contribution in [3.05, 3.63) is 65.4 Å². The summed E-state index contributed by atoms with van der Waals surface area (Å²) in [5.74, 6) is 1.01. The van der Waals surface area contributed by atoms with Crippen LogP contribution in [-0.4, -0.2) is 77.1 Å². The van der Waals surface area contributed by atoms with Crippen molar-refractivity contribution in [2.24, 2.45) is 5.92 Å². The molecule has 5 rings (SSSR count). The number of carbonyl (C=O) groups excluding carboxylic acids is 1. The Balaban J connectivity index is 1.33. The average Bonchev–Trinajstić information content (AvgIpc) is 3.10. The van der Waals surface area contributed by atoms with Crippen molar-refractivity contribution >= 4 is 16.8 Å². The molecule has 0 N–H and O–H groups in total. The number of benzene rings is 1. The van der Waals surface area contributed by atoms with Crippen molar-refractivity contribution in [3.63, 3.8) is 0 Å². The van der Waals surface area contributed by atoms with E-state index >= 15 is 0 Å². The van der Waals surface area contributed by atoms with Crippen molar-refractivity contribution in [2.75, 3.05) is 46.4 Å². The largest absolute Gasteiger partial charge is 0.379 e. The van der Waals surface area contributed by atoms with E-state index in [1.807, 2.05) is 30.2 Å². The summed E-state index contributed by atoms with van der Waals surface area (Å²) < 4.78 is 5.91. The van der Waals surface area contributed by atoms with Crippen LogP contribution in [0, 0.1) is 12.8 Å². The minimum atomic E-state index is -0.0943. The number of nitrogens with zero attached hydrogens (tertiary/aromatic N) is 5. The molecule has 35 heavy (non-hydrogen) atoms. The molecule has 7 nitrogen and oxygen atoms in total. The number of piperidine rings is 1. The Morgan fingerprint density at radius 2 is 1.97 bits per heavy atom. The molecular formula is C28H35N5O2. The van der Waals surface area contributed by atoms with Crippen LogP contribution >= 0.6 is 0 Å². The smallest absolute Gasteiger partial charge is 0.272 e. The quantitative estimate of drug-likeness (QED) is 0.576. The fourth-order valence-electron chi connectivity index (χ4n) is 5.22. The van der Waals surface area contributed by atoms with Crippen LogP contribution in [0.3, 0.4) is 0 Å². The van der Waals surface area contributed by atoms with Gasteiger partial charge in [-0.05, 0) is 76.2 Å². The van der Waals surface area contributed by atoms with E-state index in [9.17, 15) is 4.79 Å². The first kappa shape index (κ1) is 23.8. The Labute approximate surface area is 207 Å². The zero-order chi connectivity index (χ0) is 24.4. The number of hydrogen-bond acceptors (Lipinski definition) is 6. The Morgan fingerprint density at radius 1 is 1.14 bits per heavy atom. The molecule has 1 atom stereocenters. The molecule has 1 aromatic carbocycles. The van der Waals surface area contributed by atoms with E-state index in [2.05, 4.69) is 48.1 Å². The van der Waals surface area contributed by atoms with Crippen molar-refractivity contribution < 1.29 is 9.53 Å². The van der Waals surface area contributed by atoms with Crippen LogP contribution in [0.4, 0.5) is 0 Å². The van der Waals surface area contributed by atoms with Gasteiger partial charge in [0.25, 0.3) is 5.91 Å². The summed E-state index contributed by atoms with van der Waals surface area (Å²) in [5, 5.41) is 1.14. The second kappa shape index (κ2) is 9.99. The predicted molar refractivity (Wildman–Crippen MR) is 137 cm³/mol. The van der Waals surface area contributed by atoms with Crippen molar-refractivity contribution in [2.45, 2.75) is 38.5 Å². The summed E-state index contributed by atoms with van der Waals surface area (Å²) in [6.45, 7) is 8.67. The Bertz CT molecular complexity index is 1200. The molecule has 0 unspecified atom stereocenters. The van der Waals surface area contributed by atoms with Crippen molar-refractivity contribution in [1.82, 2.24) is 24.8 Å². The van der Waals surface area contributed by atoms with Gasteiger partial charge in [0.05, 0.1) is 18.7 Å². The van der Waals surface area contributed by atoms with Crippen LogP contribution in [0.15, 0.2) is 42.6 Å². The van der Waals surface area contributed by atoms with Crippen LogP contribution < -0.4 is 0 Å². The number of ether oxygens (including phenoxy) is 1. The highest BCUT2D eigenvalue weighted by Gasteiger charge is 2.34. The summed E-state index contributed by atoms with van der Waals surface area (Å²) in [5.41, 5.74) is 3.50. The fraction of sp³-hybridized carbons (Fsp3) is 0.500. The summed E-state index contributed by atoms with van der Waals surface area (Å²) in [4.78, 5) is 31.9. The zero-order valence-electron chi connectivity index (χ0n) is 21.0. The lowest BCUT2D eigenvalue weighted by Crippen LogP contribution is -2.41. The molecule has 184 valence electrons. The van der Waals surface area contributed by atoms with E-state index in [4.69, 9.17) is 14.7 Å². The lowest BCUT2D eigenvalue weighted by atomic mass is 9.79. The van der Waals surface area contributed by atoms with E-state index < -0.39 is 0 Å². The Kier molecular flexibility index (Phi) is 6.80. The van der Waals surface area contributed by atoms with Crippen molar-refractivity contribution in [1.29, 1.82) is 0 Å². The first-order chi connectivity index (χ1) is 16.9. The SMILES string of the molecule is Cc1cc(C(=O)N2CCOC[C@H](Cc3ccc4ncccc4c3)C2)nc(C2(C)CCN(C)CC2)n1. The molecular weight excluding hydrogens is 438 g/mol. The van der Waals surface area contributed by atoms with Crippen molar-refractivity contribution in [3.8, 4) is 0 Å². The molecule has 0 aliphatic carbocycles. The van der Waals surface area contributed by atoms with Gasteiger partial charge >= 0.3 is 0 Å². The molecule has 1 amide bonds. The maximum atomic E-state index is 13.6. The first-order valence-electron chi connectivity index (χ1n) is 12.6. The Hall–Kier alpha value is -2.90. The molecule has 4 heterocycles. The first-order valence-corrected chi connectivity index (χ1v) is 12.6. The third kappa shape index (κ3) is 5.36. The lowest BCUT2D eigenvalue weighted by Gasteiger charge is -2.36. The molecule has 0 bridgehead atoms. The number of pyridine rings is 1. The second-order valence-corrected chi connectivity index (χ2v) is 10.5. The molecule has 3 aromatic rings. The van der Waals surface area contributed by atoms with Gasteiger partial charge in [-0.15, -0.1) is 0 Å². The maximum Gasteiger partial charge on any atom is 0.272 e. The highest BCUT2D eigenvalue weighted by molar-refractivity contribution is 5.92. The third-order valence-corrected chi connectivity index (χ3v) is 7.52. The Morgan fingerprint density at radius 3 is 2.80 bits per heavy atom. The van der Waals surface area contributed by atoms with Gasteiger partial charge in [0.1, 0.15) is 11.5 Å². The van der Waals surface area contributed by atoms with Gasteiger partial charge < -0.3 is 14.5 Å². The van der Waals surface area contributed by atoms with E-state index in [0.29, 0.717) is 32.0 Å². The standard InChI is InChI=1S/C28H35N5O2/c1-20-15-25(31-27(30-20)28(2)8-11-32(3)12-9-28)26(34)33-13-14-35-19-22(18-33)16-21-6-7-24-23(17-21)5-4-10-29-24/h4-7,10,15,17,22H,8-9,11-14,16,18-19H2,1-3H3/t22-/m1/s1. The van der Waals surface area contributed by atoms with Crippen LogP contribution in [0.2, 0.25) is 0 Å². The van der Waals surface area contributed by atoms with E-state index in [-0.39, 0.29) is 17.2 Å². The fourth-order valence-corrected chi connectivity index (χ4v) is 5.22.